The van der Waals surface area contributed by atoms with Gasteiger partial charge in [-0.2, -0.15) is 0 Å². The van der Waals surface area contributed by atoms with E-state index < -0.39 is 41.9 Å². The molecule has 3 atom stereocenters. The molecule has 10 nitrogen and oxygen atoms in total. The van der Waals surface area contributed by atoms with Crippen LogP contribution in [0.2, 0.25) is 0 Å². The summed E-state index contributed by atoms with van der Waals surface area (Å²) in [6, 6.07) is 23.1. The molecule has 0 bridgehead atoms. The molecule has 0 aliphatic heterocycles. The number of nitrogens with zero attached hydrogens (tertiary/aromatic N) is 1. The number of nitrogens with one attached hydrogen (secondary N) is 3. The predicted octanol–water partition coefficient (Wildman–Crippen LogP) is 3.54. The number of anilines is 1. The first-order valence-electron chi connectivity index (χ1n) is 14.6. The van der Waals surface area contributed by atoms with Crippen LogP contribution in [0.15, 0.2) is 84.9 Å². The third-order valence-corrected chi connectivity index (χ3v) is 6.92. The van der Waals surface area contributed by atoms with E-state index in [0.29, 0.717) is 5.56 Å². The topological polar surface area (TPSA) is 137 Å². The lowest BCUT2D eigenvalue weighted by Crippen LogP contribution is -2.55. The molecule has 4 N–H and O–H groups in total. The van der Waals surface area contributed by atoms with Gasteiger partial charge in [-0.05, 0) is 41.2 Å². The molecule has 0 aliphatic carbocycles. The first kappa shape index (κ1) is 33.8. The highest BCUT2D eigenvalue weighted by atomic mass is 16.5. The fourth-order valence-corrected chi connectivity index (χ4v) is 4.49. The van der Waals surface area contributed by atoms with Crippen molar-refractivity contribution in [1.82, 2.24) is 16.0 Å². The molecular formula is C34H42N4O6. The number of alkyl carbamates (subject to hydrolysis) is 1. The minimum Gasteiger partial charge on any atom is -0.445 e. The summed E-state index contributed by atoms with van der Waals surface area (Å²) in [5.41, 5.74) is 3.06. The van der Waals surface area contributed by atoms with Crippen LogP contribution in [0, 0.1) is 5.92 Å². The first-order valence-corrected chi connectivity index (χ1v) is 14.6. The second-order valence-corrected chi connectivity index (χ2v) is 11.2. The minimum atomic E-state index is -1.21. The number of carbonyl (C=O) groups excluding carboxylic acids is 4. The monoisotopic (exact) mass is 602 g/mol. The van der Waals surface area contributed by atoms with E-state index in [1.54, 1.807) is 36.4 Å². The van der Waals surface area contributed by atoms with Crippen LogP contribution in [-0.4, -0.2) is 61.5 Å². The van der Waals surface area contributed by atoms with Crippen LogP contribution in [-0.2, 0) is 32.1 Å². The van der Waals surface area contributed by atoms with Crippen molar-refractivity contribution in [3.05, 3.63) is 102 Å². The molecule has 3 rings (SSSR count). The van der Waals surface area contributed by atoms with Crippen LogP contribution in [0.4, 0.5) is 10.5 Å². The number of amides is 3. The molecule has 1 unspecified atom stereocenters. The molecule has 3 aromatic rings. The van der Waals surface area contributed by atoms with Gasteiger partial charge in [0.15, 0.2) is 0 Å². The molecule has 0 radical (unpaired) electrons. The molecule has 0 saturated heterocycles. The standard InChI is InChI=1S/C34H42N4O6/c1-23(2)19-29(37-34(43)44-22-25-13-9-6-10-14-25)32(41)36-28(20-24-11-7-5-8-12-24)31(40)33(42)35-21-30(39)26-15-17-27(18-16-26)38(3)4/h5-18,23,28-30,39H,19-22H2,1-4H3,(H,35,42)(H,36,41)(H,37,43)/t28-,29-,30?/m0/s1. The fraction of sp³-hybridized carbons (Fsp3) is 0.353. The van der Waals surface area contributed by atoms with Crippen LogP contribution in [0.5, 0.6) is 0 Å². The van der Waals surface area contributed by atoms with E-state index in [1.807, 2.05) is 81.4 Å². The zero-order valence-electron chi connectivity index (χ0n) is 25.7. The highest BCUT2D eigenvalue weighted by molar-refractivity contribution is 6.38. The van der Waals surface area contributed by atoms with E-state index in [-0.39, 0.29) is 31.9 Å². The van der Waals surface area contributed by atoms with E-state index in [1.165, 1.54) is 0 Å². The highest BCUT2D eigenvalue weighted by Crippen LogP contribution is 2.17. The number of hydrogen-bond acceptors (Lipinski definition) is 7. The van der Waals surface area contributed by atoms with Gasteiger partial charge < -0.3 is 30.7 Å². The second-order valence-electron chi connectivity index (χ2n) is 11.2. The van der Waals surface area contributed by atoms with Gasteiger partial charge in [-0.15, -0.1) is 0 Å². The van der Waals surface area contributed by atoms with Crippen molar-refractivity contribution >= 4 is 29.4 Å². The number of aliphatic hydroxyl groups excluding tert-OH is 1. The summed E-state index contributed by atoms with van der Waals surface area (Å²) in [7, 11) is 3.81. The smallest absolute Gasteiger partial charge is 0.408 e. The summed E-state index contributed by atoms with van der Waals surface area (Å²) in [5, 5.41) is 18.4. The normalized spacial score (nSPS) is 12.9. The number of ketones is 1. The van der Waals surface area contributed by atoms with E-state index in [2.05, 4.69) is 16.0 Å². The lowest BCUT2D eigenvalue weighted by molar-refractivity contribution is -0.140. The van der Waals surface area contributed by atoms with Crippen molar-refractivity contribution in [2.24, 2.45) is 5.92 Å². The average Bonchev–Trinajstić information content (AvgIpc) is 3.02. The Kier molecular flexibility index (Phi) is 12.9. The van der Waals surface area contributed by atoms with Crippen LogP contribution >= 0.6 is 0 Å². The van der Waals surface area contributed by atoms with Gasteiger partial charge in [0.2, 0.25) is 11.7 Å². The van der Waals surface area contributed by atoms with Crippen LogP contribution in [0.25, 0.3) is 0 Å². The van der Waals surface area contributed by atoms with Gasteiger partial charge in [0.1, 0.15) is 18.7 Å². The lowest BCUT2D eigenvalue weighted by Gasteiger charge is -2.24. The second kappa shape index (κ2) is 16.8. The summed E-state index contributed by atoms with van der Waals surface area (Å²) in [6.07, 6.45) is -1.47. The number of aliphatic hydroxyl groups is 1. The molecule has 3 aromatic carbocycles. The Morgan fingerprint density at radius 2 is 1.39 bits per heavy atom. The first-order chi connectivity index (χ1) is 21.0. The Labute approximate surface area is 258 Å². The van der Waals surface area contributed by atoms with Crippen molar-refractivity contribution in [1.29, 1.82) is 0 Å². The molecular weight excluding hydrogens is 560 g/mol. The van der Waals surface area contributed by atoms with E-state index in [9.17, 15) is 24.3 Å². The lowest BCUT2D eigenvalue weighted by atomic mass is 9.99. The van der Waals surface area contributed by atoms with Crippen molar-refractivity contribution in [3.8, 4) is 0 Å². The Bertz CT molecular complexity index is 1360. The number of carbonyl (C=O) groups is 4. The van der Waals surface area contributed by atoms with Crippen LogP contribution in [0.1, 0.15) is 43.1 Å². The van der Waals surface area contributed by atoms with Crippen LogP contribution < -0.4 is 20.9 Å². The van der Waals surface area contributed by atoms with Crippen molar-refractivity contribution in [3.63, 3.8) is 0 Å². The zero-order valence-corrected chi connectivity index (χ0v) is 25.7. The quantitative estimate of drug-likeness (QED) is 0.195. The van der Waals surface area contributed by atoms with Gasteiger partial charge in [-0.1, -0.05) is 86.6 Å². The number of rotatable bonds is 15. The molecule has 234 valence electrons. The number of Topliss-reactive ketones (excluding diaryl/α,β-unsaturated/α-hetero) is 1. The molecule has 0 heterocycles. The average molecular weight is 603 g/mol. The summed E-state index contributed by atoms with van der Waals surface area (Å²) >= 11 is 0. The Balaban J connectivity index is 1.67. The third kappa shape index (κ3) is 10.9. The summed E-state index contributed by atoms with van der Waals surface area (Å²) in [5.74, 6) is -2.39. The zero-order chi connectivity index (χ0) is 32.1. The van der Waals surface area contributed by atoms with E-state index in [4.69, 9.17) is 4.74 Å². The van der Waals surface area contributed by atoms with Crippen molar-refractivity contribution in [2.45, 2.75) is 51.5 Å². The van der Waals surface area contributed by atoms with Crippen LogP contribution in [0.3, 0.4) is 0 Å². The molecule has 3 amide bonds. The molecule has 0 fully saturated rings. The van der Waals surface area contributed by atoms with Gasteiger partial charge in [0.25, 0.3) is 5.91 Å². The molecule has 0 saturated carbocycles. The Morgan fingerprint density at radius 3 is 1.95 bits per heavy atom. The predicted molar refractivity (Wildman–Crippen MR) is 169 cm³/mol. The van der Waals surface area contributed by atoms with Gasteiger partial charge in [-0.25, -0.2) is 4.79 Å². The maximum absolute atomic E-state index is 13.4. The molecule has 10 heteroatoms. The highest BCUT2D eigenvalue weighted by Gasteiger charge is 2.31. The maximum Gasteiger partial charge on any atom is 0.408 e. The number of hydrogen-bond donors (Lipinski definition) is 4. The Morgan fingerprint density at radius 1 is 0.795 bits per heavy atom. The SMILES string of the molecule is CC(C)C[C@H](NC(=O)OCc1ccccc1)C(=O)N[C@@H](Cc1ccccc1)C(=O)C(=O)NCC(O)c1ccc(N(C)C)cc1. The third-order valence-electron chi connectivity index (χ3n) is 6.92. The molecule has 0 aliphatic rings. The number of ether oxygens (including phenoxy) is 1. The van der Waals surface area contributed by atoms with E-state index in [0.717, 1.165) is 16.8 Å². The van der Waals surface area contributed by atoms with E-state index >= 15 is 0 Å². The molecule has 44 heavy (non-hydrogen) atoms. The molecule has 0 aromatic heterocycles. The Hall–Kier alpha value is -4.70. The van der Waals surface area contributed by atoms with Crippen molar-refractivity contribution < 1.29 is 29.0 Å². The van der Waals surface area contributed by atoms with Gasteiger partial charge >= 0.3 is 6.09 Å². The van der Waals surface area contributed by atoms with Crippen molar-refractivity contribution in [2.75, 3.05) is 25.5 Å². The van der Waals surface area contributed by atoms with Gasteiger partial charge in [0, 0.05) is 32.7 Å². The number of benzene rings is 3. The van der Waals surface area contributed by atoms with Gasteiger partial charge in [-0.3, -0.25) is 14.4 Å². The van der Waals surface area contributed by atoms with Gasteiger partial charge in [0.05, 0.1) is 6.10 Å². The minimum absolute atomic E-state index is 0.0278. The summed E-state index contributed by atoms with van der Waals surface area (Å²) in [6.45, 7) is 3.64. The summed E-state index contributed by atoms with van der Waals surface area (Å²) in [4.78, 5) is 54.2. The fourth-order valence-electron chi connectivity index (χ4n) is 4.49. The molecule has 0 spiro atoms. The summed E-state index contributed by atoms with van der Waals surface area (Å²) < 4.78 is 5.30. The largest absolute Gasteiger partial charge is 0.445 e. The maximum atomic E-state index is 13.4.